The average molecular weight is 543 g/mol. The highest BCUT2D eigenvalue weighted by Crippen LogP contribution is 2.67. The van der Waals surface area contributed by atoms with Crippen molar-refractivity contribution in [2.24, 2.45) is 34.0 Å². The third kappa shape index (κ3) is 5.59. The number of amides is 2. The fourth-order valence-corrected chi connectivity index (χ4v) is 7.79. The predicted molar refractivity (Wildman–Crippen MR) is 137 cm³/mol. The molecule has 1 unspecified atom stereocenters. The minimum absolute atomic E-state index is 0.0660. The van der Waals surface area contributed by atoms with Crippen molar-refractivity contribution in [2.45, 2.75) is 78.4 Å². The molecule has 210 valence electrons. The standard InChI is InChI=1S/C26H42N2O8S/c1-7-24(4)15-19(36-23(32)28-22(31)35-14-8-13-27-37(6,33)34)25(5)16(2)9-11-26(17(3)21(24)30)12-10-18(29)20(25)26/h7,16-17,19-21,27,30H,1,8-15H2,2-6H3,(H,28,31,32)/t16?,17-,19+,20-,21-,24+,25+,26-/m0/s1. The molecule has 3 saturated carbocycles. The molecule has 3 fully saturated rings. The molecule has 8 atom stereocenters. The average Bonchev–Trinajstić information content (AvgIpc) is 3.16. The fourth-order valence-electron chi connectivity index (χ4n) is 7.27. The van der Waals surface area contributed by atoms with Gasteiger partial charge in [0.2, 0.25) is 10.0 Å². The number of carbonyl (C=O) groups is 3. The number of ether oxygens (including phenoxy) is 2. The van der Waals surface area contributed by atoms with Gasteiger partial charge in [0, 0.05) is 29.7 Å². The van der Waals surface area contributed by atoms with Crippen LogP contribution in [0.25, 0.3) is 0 Å². The third-order valence-electron chi connectivity index (χ3n) is 9.67. The molecule has 0 heterocycles. The van der Waals surface area contributed by atoms with Crippen LogP contribution in [0, 0.1) is 34.0 Å². The van der Waals surface area contributed by atoms with Crippen molar-refractivity contribution in [2.75, 3.05) is 19.4 Å². The molecule has 10 nitrogen and oxygen atoms in total. The van der Waals surface area contributed by atoms with E-state index in [0.29, 0.717) is 12.8 Å². The first-order valence-electron chi connectivity index (χ1n) is 13.0. The summed E-state index contributed by atoms with van der Waals surface area (Å²) in [6.45, 7) is 12.0. The van der Waals surface area contributed by atoms with E-state index in [1.54, 1.807) is 6.08 Å². The van der Waals surface area contributed by atoms with E-state index < -0.39 is 45.2 Å². The smallest absolute Gasteiger partial charge is 0.416 e. The zero-order valence-electron chi connectivity index (χ0n) is 22.5. The molecule has 2 bridgehead atoms. The molecule has 0 aromatic rings. The number of ketones is 1. The summed E-state index contributed by atoms with van der Waals surface area (Å²) in [7, 11) is -3.34. The maximum Gasteiger partial charge on any atom is 0.416 e. The van der Waals surface area contributed by atoms with Gasteiger partial charge in [-0.25, -0.2) is 28.0 Å². The molecule has 0 radical (unpaired) electrons. The largest absolute Gasteiger partial charge is 0.449 e. The minimum Gasteiger partial charge on any atom is -0.449 e. The number of imide groups is 1. The van der Waals surface area contributed by atoms with E-state index in [0.717, 1.165) is 19.1 Å². The van der Waals surface area contributed by atoms with Crippen molar-refractivity contribution >= 4 is 28.0 Å². The van der Waals surface area contributed by atoms with E-state index in [4.69, 9.17) is 9.47 Å². The van der Waals surface area contributed by atoms with Gasteiger partial charge in [-0.1, -0.05) is 33.8 Å². The number of aliphatic hydroxyl groups is 1. The fraction of sp³-hybridized carbons (Fsp3) is 0.808. The summed E-state index contributed by atoms with van der Waals surface area (Å²) in [6.07, 6.45) is 2.48. The second-order valence-corrected chi connectivity index (χ2v) is 13.6. The molecule has 3 N–H and O–H groups in total. The van der Waals surface area contributed by atoms with Crippen LogP contribution in [0.4, 0.5) is 9.59 Å². The molecule has 0 spiro atoms. The zero-order chi connectivity index (χ0) is 27.8. The van der Waals surface area contributed by atoms with E-state index >= 15 is 0 Å². The van der Waals surface area contributed by atoms with Crippen molar-refractivity contribution in [3.05, 3.63) is 12.7 Å². The monoisotopic (exact) mass is 542 g/mol. The molecule has 0 saturated heterocycles. The molecular formula is C26H42N2O8S. The van der Waals surface area contributed by atoms with Gasteiger partial charge in [0.15, 0.2) is 0 Å². The summed E-state index contributed by atoms with van der Waals surface area (Å²) in [5.74, 6) is -0.293. The van der Waals surface area contributed by atoms with Crippen LogP contribution in [-0.2, 0) is 24.3 Å². The van der Waals surface area contributed by atoms with Crippen LogP contribution in [0.3, 0.4) is 0 Å². The Morgan fingerprint density at radius 2 is 1.89 bits per heavy atom. The minimum atomic E-state index is -3.34. The number of rotatable bonds is 7. The Labute approximate surface area is 220 Å². The van der Waals surface area contributed by atoms with Gasteiger partial charge in [-0.05, 0) is 49.4 Å². The highest BCUT2D eigenvalue weighted by atomic mass is 32.2. The SMILES string of the molecule is C=C[C@]1(C)C[C@@H](OC(=O)NC(=O)OCCCNS(C)(=O)=O)[C@@]2(C)C(C)CC[C@]3(CCC(=O)[C@H]32)[C@@H](C)[C@@H]1O. The van der Waals surface area contributed by atoms with E-state index in [1.165, 1.54) is 0 Å². The van der Waals surface area contributed by atoms with Crippen LogP contribution in [0.1, 0.15) is 66.2 Å². The van der Waals surface area contributed by atoms with Crippen LogP contribution in [0.2, 0.25) is 0 Å². The molecule has 37 heavy (non-hydrogen) atoms. The zero-order valence-corrected chi connectivity index (χ0v) is 23.4. The molecule has 2 amide bonds. The highest BCUT2D eigenvalue weighted by molar-refractivity contribution is 7.88. The molecule has 3 rings (SSSR count). The lowest BCUT2D eigenvalue weighted by atomic mass is 9.44. The van der Waals surface area contributed by atoms with Gasteiger partial charge in [0.1, 0.15) is 11.9 Å². The Morgan fingerprint density at radius 1 is 1.22 bits per heavy atom. The molecule has 3 aliphatic rings. The van der Waals surface area contributed by atoms with Crippen molar-refractivity contribution in [3.63, 3.8) is 0 Å². The summed E-state index contributed by atoms with van der Waals surface area (Å²) in [4.78, 5) is 38.4. The molecule has 0 aliphatic heterocycles. The number of carbonyl (C=O) groups excluding carboxylic acids is 3. The Hall–Kier alpha value is -1.98. The summed E-state index contributed by atoms with van der Waals surface area (Å²) in [6, 6.07) is 0. The van der Waals surface area contributed by atoms with Gasteiger partial charge in [-0.15, -0.1) is 6.58 Å². The van der Waals surface area contributed by atoms with E-state index in [2.05, 4.69) is 23.5 Å². The summed E-state index contributed by atoms with van der Waals surface area (Å²) >= 11 is 0. The molecular weight excluding hydrogens is 500 g/mol. The summed E-state index contributed by atoms with van der Waals surface area (Å²) in [5.41, 5.74) is -1.86. The first kappa shape index (κ1) is 29.6. The van der Waals surface area contributed by atoms with Crippen LogP contribution in [-0.4, -0.2) is 63.1 Å². The van der Waals surface area contributed by atoms with Gasteiger partial charge in [-0.3, -0.25) is 4.79 Å². The van der Waals surface area contributed by atoms with Crippen molar-refractivity contribution in [1.29, 1.82) is 0 Å². The van der Waals surface area contributed by atoms with Crippen LogP contribution >= 0.6 is 0 Å². The highest BCUT2D eigenvalue weighted by Gasteiger charge is 2.68. The number of hydrogen-bond acceptors (Lipinski definition) is 8. The number of aliphatic hydroxyl groups excluding tert-OH is 1. The predicted octanol–water partition coefficient (Wildman–Crippen LogP) is 3.15. The Morgan fingerprint density at radius 3 is 2.51 bits per heavy atom. The summed E-state index contributed by atoms with van der Waals surface area (Å²) in [5, 5.41) is 13.6. The topological polar surface area (TPSA) is 148 Å². The quantitative estimate of drug-likeness (QED) is 0.328. The van der Waals surface area contributed by atoms with Crippen molar-refractivity contribution in [3.8, 4) is 0 Å². The van der Waals surface area contributed by atoms with Gasteiger partial charge in [0.05, 0.1) is 19.0 Å². The molecule has 0 aromatic carbocycles. The molecule has 11 heteroatoms. The number of sulfonamides is 1. The lowest BCUT2D eigenvalue weighted by Gasteiger charge is -2.61. The lowest BCUT2D eigenvalue weighted by Crippen LogP contribution is -2.63. The van der Waals surface area contributed by atoms with E-state index in [-0.39, 0.29) is 54.9 Å². The van der Waals surface area contributed by atoms with Crippen LogP contribution in [0.15, 0.2) is 12.7 Å². The normalized spacial score (nSPS) is 39.6. The van der Waals surface area contributed by atoms with Crippen LogP contribution < -0.4 is 10.0 Å². The molecule has 3 aliphatic carbocycles. The Bertz CT molecular complexity index is 1030. The second kappa shape index (κ2) is 10.6. The first-order chi connectivity index (χ1) is 17.1. The van der Waals surface area contributed by atoms with Gasteiger partial charge in [-0.2, -0.15) is 0 Å². The number of nitrogens with one attached hydrogen (secondary N) is 2. The maximum absolute atomic E-state index is 13.4. The summed E-state index contributed by atoms with van der Waals surface area (Å²) < 4.78 is 35.4. The second-order valence-electron chi connectivity index (χ2n) is 11.8. The van der Waals surface area contributed by atoms with Crippen molar-refractivity contribution in [1.82, 2.24) is 10.0 Å². The molecule has 0 aromatic heterocycles. The maximum atomic E-state index is 13.4. The van der Waals surface area contributed by atoms with E-state index in [1.807, 2.05) is 20.8 Å². The number of hydrogen-bond donors (Lipinski definition) is 3. The van der Waals surface area contributed by atoms with Gasteiger partial charge < -0.3 is 14.6 Å². The van der Waals surface area contributed by atoms with Gasteiger partial charge in [0.25, 0.3) is 0 Å². The first-order valence-corrected chi connectivity index (χ1v) is 14.9. The Balaban J connectivity index is 1.80. The van der Waals surface area contributed by atoms with Crippen LogP contribution in [0.5, 0.6) is 0 Å². The van der Waals surface area contributed by atoms with Crippen molar-refractivity contribution < 1.29 is 37.4 Å². The third-order valence-corrected chi connectivity index (χ3v) is 10.4. The number of Topliss-reactive ketones (excluding diaryl/α,β-unsaturated/α-hetero) is 1. The Kier molecular flexibility index (Phi) is 8.51. The number of alkyl carbamates (subject to hydrolysis) is 2. The lowest BCUT2D eigenvalue weighted by molar-refractivity contribution is -0.191. The van der Waals surface area contributed by atoms with Gasteiger partial charge >= 0.3 is 12.2 Å². The van der Waals surface area contributed by atoms with E-state index in [9.17, 15) is 27.9 Å².